The van der Waals surface area contributed by atoms with Crippen molar-refractivity contribution >= 4 is 15.9 Å². The topological polar surface area (TPSA) is 84.9 Å². The number of halogens is 1. The summed E-state index contributed by atoms with van der Waals surface area (Å²) in [6, 6.07) is 9.71. The molecule has 1 heterocycles. The number of morpholine rings is 1. The fraction of sp³-hybridized carbons (Fsp3) is 0.350. The van der Waals surface area contributed by atoms with Crippen molar-refractivity contribution in [3.63, 3.8) is 0 Å². The summed E-state index contributed by atoms with van der Waals surface area (Å²) >= 11 is 0. The SMILES string of the molecule is COc1ccc(C(=O)N[C@H](C)c2ccc(F)cc2)cc1S(=O)(=O)N1CCOCC1. The number of hydrogen-bond donors (Lipinski definition) is 1. The van der Waals surface area contributed by atoms with E-state index in [2.05, 4.69) is 5.32 Å². The first-order valence-corrected chi connectivity index (χ1v) is 10.6. The van der Waals surface area contributed by atoms with Gasteiger partial charge in [0.2, 0.25) is 10.0 Å². The Balaban J connectivity index is 1.85. The van der Waals surface area contributed by atoms with Crippen molar-refractivity contribution < 1.29 is 27.1 Å². The largest absolute Gasteiger partial charge is 0.495 e. The Bertz CT molecular complexity index is 973. The van der Waals surface area contributed by atoms with Crippen LogP contribution in [0.1, 0.15) is 28.9 Å². The number of carbonyl (C=O) groups excluding carboxylic acids is 1. The zero-order chi connectivity index (χ0) is 21.0. The molecular weight excluding hydrogens is 399 g/mol. The summed E-state index contributed by atoms with van der Waals surface area (Å²) in [6.07, 6.45) is 0. The molecule has 3 rings (SSSR count). The lowest BCUT2D eigenvalue weighted by atomic mass is 10.1. The van der Waals surface area contributed by atoms with E-state index in [1.54, 1.807) is 19.1 Å². The second kappa shape index (κ2) is 8.89. The smallest absolute Gasteiger partial charge is 0.251 e. The number of carbonyl (C=O) groups is 1. The number of rotatable bonds is 6. The summed E-state index contributed by atoms with van der Waals surface area (Å²) in [4.78, 5) is 12.6. The maximum absolute atomic E-state index is 13.1. The fourth-order valence-corrected chi connectivity index (χ4v) is 4.65. The van der Waals surface area contributed by atoms with E-state index in [1.165, 1.54) is 41.7 Å². The van der Waals surface area contributed by atoms with Crippen LogP contribution in [0.3, 0.4) is 0 Å². The van der Waals surface area contributed by atoms with Crippen LogP contribution in [0.4, 0.5) is 4.39 Å². The van der Waals surface area contributed by atoms with E-state index in [0.717, 1.165) is 5.56 Å². The molecule has 156 valence electrons. The number of hydrogen-bond acceptors (Lipinski definition) is 5. The summed E-state index contributed by atoms with van der Waals surface area (Å²) in [5.41, 5.74) is 0.918. The van der Waals surface area contributed by atoms with Crippen LogP contribution in [0.5, 0.6) is 5.75 Å². The van der Waals surface area contributed by atoms with Crippen molar-refractivity contribution in [1.29, 1.82) is 0 Å². The Morgan fingerprint density at radius 2 is 1.83 bits per heavy atom. The maximum Gasteiger partial charge on any atom is 0.251 e. The molecule has 0 aliphatic carbocycles. The molecule has 0 bridgehead atoms. The second-order valence-corrected chi connectivity index (χ2v) is 8.54. The Morgan fingerprint density at radius 1 is 1.17 bits per heavy atom. The summed E-state index contributed by atoms with van der Waals surface area (Å²) in [5, 5.41) is 2.80. The first kappa shape index (κ1) is 21.2. The van der Waals surface area contributed by atoms with Crippen molar-refractivity contribution in [1.82, 2.24) is 9.62 Å². The average Bonchev–Trinajstić information content (AvgIpc) is 2.74. The summed E-state index contributed by atoms with van der Waals surface area (Å²) in [7, 11) is -2.46. The molecular formula is C20H23FN2O5S. The molecule has 0 unspecified atom stereocenters. The summed E-state index contributed by atoms with van der Waals surface area (Å²) in [6.45, 7) is 2.88. The number of ether oxygens (including phenoxy) is 2. The van der Waals surface area contributed by atoms with Crippen molar-refractivity contribution in [3.05, 3.63) is 59.4 Å². The summed E-state index contributed by atoms with van der Waals surface area (Å²) in [5.74, 6) is -0.636. The first-order valence-electron chi connectivity index (χ1n) is 9.15. The van der Waals surface area contributed by atoms with Gasteiger partial charge in [-0.15, -0.1) is 0 Å². The van der Waals surface area contributed by atoms with Crippen LogP contribution in [0, 0.1) is 5.82 Å². The van der Waals surface area contributed by atoms with Crippen molar-refractivity contribution in [2.24, 2.45) is 0 Å². The zero-order valence-electron chi connectivity index (χ0n) is 16.2. The number of sulfonamides is 1. The van der Waals surface area contributed by atoms with Crippen LogP contribution in [0.2, 0.25) is 0 Å². The number of methoxy groups -OCH3 is 1. The molecule has 2 aromatic carbocycles. The van der Waals surface area contributed by atoms with Gasteiger partial charge in [-0.3, -0.25) is 4.79 Å². The van der Waals surface area contributed by atoms with Crippen molar-refractivity contribution in [3.8, 4) is 5.75 Å². The minimum atomic E-state index is -3.84. The summed E-state index contributed by atoms with van der Waals surface area (Å²) < 4.78 is 50.9. The van der Waals surface area contributed by atoms with Crippen molar-refractivity contribution in [2.45, 2.75) is 17.9 Å². The lowest BCUT2D eigenvalue weighted by Crippen LogP contribution is -2.40. The molecule has 1 amide bonds. The molecule has 1 aliphatic heterocycles. The molecule has 1 aliphatic rings. The molecule has 1 saturated heterocycles. The van der Waals surface area contributed by atoms with Gasteiger partial charge in [0.15, 0.2) is 0 Å². The van der Waals surface area contributed by atoms with Crippen LogP contribution in [-0.2, 0) is 14.8 Å². The van der Waals surface area contributed by atoms with E-state index in [4.69, 9.17) is 9.47 Å². The quantitative estimate of drug-likeness (QED) is 0.773. The van der Waals surface area contributed by atoms with Gasteiger partial charge in [0.25, 0.3) is 5.91 Å². The van der Waals surface area contributed by atoms with Crippen LogP contribution in [-0.4, -0.2) is 52.0 Å². The van der Waals surface area contributed by atoms with Gasteiger partial charge in [-0.05, 0) is 42.8 Å². The van der Waals surface area contributed by atoms with E-state index in [9.17, 15) is 17.6 Å². The van der Waals surface area contributed by atoms with Crippen LogP contribution >= 0.6 is 0 Å². The van der Waals surface area contributed by atoms with E-state index < -0.39 is 15.9 Å². The molecule has 9 heteroatoms. The van der Waals surface area contributed by atoms with Gasteiger partial charge in [-0.1, -0.05) is 12.1 Å². The van der Waals surface area contributed by atoms with Crippen molar-refractivity contribution in [2.75, 3.05) is 33.4 Å². The first-order chi connectivity index (χ1) is 13.8. The Labute approximate surface area is 169 Å². The minimum absolute atomic E-state index is 0.0658. The number of amides is 1. The van der Waals surface area contributed by atoms with Gasteiger partial charge < -0.3 is 14.8 Å². The van der Waals surface area contributed by atoms with Gasteiger partial charge >= 0.3 is 0 Å². The third-order valence-corrected chi connectivity index (χ3v) is 6.65. The van der Waals surface area contributed by atoms with Crippen LogP contribution < -0.4 is 10.1 Å². The van der Waals surface area contributed by atoms with E-state index in [0.29, 0.717) is 13.2 Å². The maximum atomic E-state index is 13.1. The fourth-order valence-electron chi connectivity index (χ4n) is 3.06. The molecule has 7 nitrogen and oxygen atoms in total. The highest BCUT2D eigenvalue weighted by atomic mass is 32.2. The van der Waals surface area contributed by atoms with Gasteiger partial charge in [-0.2, -0.15) is 4.31 Å². The number of nitrogens with zero attached hydrogens (tertiary/aromatic N) is 1. The highest BCUT2D eigenvalue weighted by Gasteiger charge is 2.30. The Hall–Kier alpha value is -2.49. The van der Waals surface area contributed by atoms with Crippen LogP contribution in [0.15, 0.2) is 47.4 Å². The van der Waals surface area contributed by atoms with E-state index in [-0.39, 0.29) is 41.2 Å². The van der Waals surface area contributed by atoms with Gasteiger partial charge in [-0.25, -0.2) is 12.8 Å². The molecule has 0 aromatic heterocycles. The molecule has 0 spiro atoms. The molecule has 1 fully saturated rings. The van der Waals surface area contributed by atoms with Gasteiger partial charge in [0, 0.05) is 18.7 Å². The molecule has 29 heavy (non-hydrogen) atoms. The van der Waals surface area contributed by atoms with Gasteiger partial charge in [0.05, 0.1) is 26.4 Å². The second-order valence-electron chi connectivity index (χ2n) is 6.63. The molecule has 2 aromatic rings. The lowest BCUT2D eigenvalue weighted by molar-refractivity contribution is 0.0729. The highest BCUT2D eigenvalue weighted by molar-refractivity contribution is 7.89. The number of benzene rings is 2. The predicted octanol–water partition coefficient (Wildman–Crippen LogP) is 2.35. The third kappa shape index (κ3) is 4.75. The standard InChI is InChI=1S/C20H23FN2O5S/c1-14(15-3-6-17(21)7-4-15)22-20(24)16-5-8-18(27-2)19(13-16)29(25,26)23-9-11-28-12-10-23/h3-8,13-14H,9-12H2,1-2H3,(H,22,24)/t14-/m1/s1. The predicted molar refractivity (Wildman–Crippen MR) is 105 cm³/mol. The molecule has 0 radical (unpaired) electrons. The zero-order valence-corrected chi connectivity index (χ0v) is 17.0. The average molecular weight is 422 g/mol. The third-order valence-electron chi connectivity index (χ3n) is 4.73. The van der Waals surface area contributed by atoms with Crippen LogP contribution in [0.25, 0.3) is 0 Å². The molecule has 0 saturated carbocycles. The highest BCUT2D eigenvalue weighted by Crippen LogP contribution is 2.28. The molecule has 1 N–H and O–H groups in total. The minimum Gasteiger partial charge on any atom is -0.495 e. The number of nitrogens with one attached hydrogen (secondary N) is 1. The monoisotopic (exact) mass is 422 g/mol. The molecule has 1 atom stereocenters. The lowest BCUT2D eigenvalue weighted by Gasteiger charge is -2.26. The van der Waals surface area contributed by atoms with Gasteiger partial charge in [0.1, 0.15) is 16.5 Å². The van der Waals surface area contributed by atoms with E-state index >= 15 is 0 Å². The Kier molecular flexibility index (Phi) is 6.51. The normalized spacial score (nSPS) is 16.2. The van der Waals surface area contributed by atoms with E-state index in [1.807, 2.05) is 0 Å². The Morgan fingerprint density at radius 3 is 2.45 bits per heavy atom.